The third-order valence-corrected chi connectivity index (χ3v) is 5.63. The summed E-state index contributed by atoms with van der Waals surface area (Å²) in [5.74, 6) is 0. The molecule has 1 aliphatic heterocycles. The molecule has 1 fully saturated rings. The molecule has 0 bridgehead atoms. The number of anilines is 1. The van der Waals surface area contributed by atoms with Crippen molar-refractivity contribution in [2.75, 3.05) is 25.1 Å². The Hall–Kier alpha value is -3.40. The largest absolute Gasteiger partial charge is 0.450 e. The first-order chi connectivity index (χ1) is 15.5. The van der Waals surface area contributed by atoms with Gasteiger partial charge in [0.05, 0.1) is 11.5 Å². The van der Waals surface area contributed by atoms with E-state index in [2.05, 4.69) is 15.8 Å². The molecule has 0 saturated carbocycles. The molecular weight excluding hydrogens is 430 g/mol. The van der Waals surface area contributed by atoms with Crippen LogP contribution in [0.3, 0.4) is 0 Å². The molecule has 2 N–H and O–H groups in total. The van der Waals surface area contributed by atoms with E-state index in [0.717, 1.165) is 18.4 Å². The Balaban J connectivity index is 1.70. The lowest BCUT2D eigenvalue weighted by Crippen LogP contribution is -2.52. The van der Waals surface area contributed by atoms with E-state index in [4.69, 9.17) is 17.0 Å². The molecule has 1 amide bonds. The van der Waals surface area contributed by atoms with E-state index in [1.54, 1.807) is 30.0 Å². The Kier molecular flexibility index (Phi) is 8.20. The van der Waals surface area contributed by atoms with Gasteiger partial charge in [0.15, 0.2) is 5.11 Å². The van der Waals surface area contributed by atoms with Crippen molar-refractivity contribution < 1.29 is 14.5 Å². The van der Waals surface area contributed by atoms with Gasteiger partial charge in [-0.1, -0.05) is 42.5 Å². The average molecular weight is 458 g/mol. The molecule has 0 radical (unpaired) electrons. The van der Waals surface area contributed by atoms with Crippen LogP contribution in [-0.4, -0.2) is 51.7 Å². The smallest absolute Gasteiger partial charge is 0.409 e. The van der Waals surface area contributed by atoms with Gasteiger partial charge in [0.2, 0.25) is 0 Å². The molecule has 0 atom stereocenters. The van der Waals surface area contributed by atoms with Crippen LogP contribution in [0.2, 0.25) is 0 Å². The Bertz CT molecular complexity index is 935. The van der Waals surface area contributed by atoms with Crippen LogP contribution in [0.15, 0.2) is 54.6 Å². The number of nitrogens with one attached hydrogen (secondary N) is 2. The Morgan fingerprint density at radius 1 is 1.19 bits per heavy atom. The van der Waals surface area contributed by atoms with Gasteiger partial charge >= 0.3 is 6.09 Å². The maximum atomic E-state index is 12.0. The molecule has 0 aromatic heterocycles. The van der Waals surface area contributed by atoms with Crippen LogP contribution in [0.4, 0.5) is 16.2 Å². The highest BCUT2D eigenvalue weighted by Gasteiger charge is 2.29. The van der Waals surface area contributed by atoms with Crippen LogP contribution < -0.4 is 10.9 Å². The summed E-state index contributed by atoms with van der Waals surface area (Å²) >= 11 is 5.66. The molecule has 3 rings (SSSR count). The van der Waals surface area contributed by atoms with Gasteiger partial charge in [-0.15, -0.1) is 0 Å². The normalized spacial score (nSPS) is 13.8. The van der Waals surface area contributed by atoms with Crippen LogP contribution in [0, 0.1) is 10.1 Å². The molecule has 0 unspecified atom stereocenters. The second-order valence-electron chi connectivity index (χ2n) is 7.36. The lowest BCUT2D eigenvalue weighted by Gasteiger charge is -2.39. The van der Waals surface area contributed by atoms with Crippen LogP contribution in [0.25, 0.3) is 0 Å². The predicted molar refractivity (Wildman–Crippen MR) is 126 cm³/mol. The Morgan fingerprint density at radius 3 is 2.50 bits per heavy atom. The molecule has 170 valence electrons. The number of likely N-dealkylation sites (tertiary alicyclic amines) is 1. The number of rotatable bonds is 7. The van der Waals surface area contributed by atoms with Gasteiger partial charge in [-0.3, -0.25) is 21.0 Å². The third-order valence-electron chi connectivity index (χ3n) is 5.29. The number of carbonyl (C=O) groups is 1. The Morgan fingerprint density at radius 2 is 1.84 bits per heavy atom. The van der Waals surface area contributed by atoms with E-state index in [9.17, 15) is 14.9 Å². The van der Waals surface area contributed by atoms with Crippen molar-refractivity contribution in [2.24, 2.45) is 0 Å². The summed E-state index contributed by atoms with van der Waals surface area (Å²) in [5, 5.41) is 11.7. The molecule has 2 aromatic carbocycles. The minimum atomic E-state index is -0.445. The first-order valence-corrected chi connectivity index (χ1v) is 10.9. The number of benzene rings is 2. The maximum Gasteiger partial charge on any atom is 0.409 e. The van der Waals surface area contributed by atoms with Crippen molar-refractivity contribution in [3.8, 4) is 0 Å². The number of nitro benzene ring substituents is 1. The van der Waals surface area contributed by atoms with Gasteiger partial charge in [0, 0.05) is 31.7 Å². The summed E-state index contributed by atoms with van der Waals surface area (Å²) in [7, 11) is 0. The number of ether oxygens (including phenoxy) is 1. The number of carbonyl (C=O) groups excluding carboxylic acids is 1. The van der Waals surface area contributed by atoms with Gasteiger partial charge in [-0.05, 0) is 43.6 Å². The van der Waals surface area contributed by atoms with E-state index in [0.29, 0.717) is 37.0 Å². The summed E-state index contributed by atoms with van der Waals surface area (Å²) in [6.07, 6.45) is 1.18. The van der Waals surface area contributed by atoms with Gasteiger partial charge in [-0.2, -0.15) is 0 Å². The molecule has 10 heteroatoms. The highest BCUT2D eigenvalue weighted by molar-refractivity contribution is 7.80. The first-order valence-electron chi connectivity index (χ1n) is 10.5. The van der Waals surface area contributed by atoms with Crippen molar-refractivity contribution in [3.05, 3.63) is 70.3 Å². The van der Waals surface area contributed by atoms with E-state index >= 15 is 0 Å². The molecule has 0 aliphatic carbocycles. The summed E-state index contributed by atoms with van der Waals surface area (Å²) < 4.78 is 5.11. The number of para-hydroxylation sites is 2. The topological polar surface area (TPSA) is 100.0 Å². The molecule has 9 nitrogen and oxygen atoms in total. The second-order valence-corrected chi connectivity index (χ2v) is 7.75. The number of nitro groups is 1. The quantitative estimate of drug-likeness (QED) is 0.367. The number of thiocarbonyl (C=S) groups is 1. The van der Waals surface area contributed by atoms with Crippen molar-refractivity contribution in [1.29, 1.82) is 0 Å². The van der Waals surface area contributed by atoms with Crippen molar-refractivity contribution in [2.45, 2.75) is 32.4 Å². The van der Waals surface area contributed by atoms with Crippen LogP contribution >= 0.6 is 12.2 Å². The van der Waals surface area contributed by atoms with Gasteiger partial charge in [0.25, 0.3) is 5.69 Å². The fraction of sp³-hybridized carbons (Fsp3) is 0.364. The van der Waals surface area contributed by atoms with E-state index in [1.807, 2.05) is 30.3 Å². The lowest BCUT2D eigenvalue weighted by atomic mass is 10.0. The molecule has 1 heterocycles. The van der Waals surface area contributed by atoms with Crippen LogP contribution in [0.1, 0.15) is 25.3 Å². The summed E-state index contributed by atoms with van der Waals surface area (Å²) in [6, 6.07) is 16.4. The van der Waals surface area contributed by atoms with Crippen LogP contribution in [-0.2, 0) is 11.3 Å². The summed E-state index contributed by atoms with van der Waals surface area (Å²) in [4.78, 5) is 26.6. The zero-order valence-electron chi connectivity index (χ0n) is 17.9. The van der Waals surface area contributed by atoms with E-state index < -0.39 is 4.92 Å². The third kappa shape index (κ3) is 6.07. The average Bonchev–Trinajstić information content (AvgIpc) is 2.82. The number of hydrogen-bond acceptors (Lipinski definition) is 6. The summed E-state index contributed by atoms with van der Waals surface area (Å²) in [6.45, 7) is 3.88. The lowest BCUT2D eigenvalue weighted by molar-refractivity contribution is -0.384. The van der Waals surface area contributed by atoms with E-state index in [1.165, 1.54) is 6.07 Å². The first kappa shape index (κ1) is 23.3. The molecule has 1 aliphatic rings. The molecule has 2 aromatic rings. The minimum absolute atomic E-state index is 0.0415. The predicted octanol–water partition coefficient (Wildman–Crippen LogP) is 3.92. The van der Waals surface area contributed by atoms with Crippen molar-refractivity contribution in [3.63, 3.8) is 0 Å². The second kappa shape index (κ2) is 11.3. The monoisotopic (exact) mass is 457 g/mol. The van der Waals surface area contributed by atoms with Crippen LogP contribution in [0.5, 0.6) is 0 Å². The molecule has 1 saturated heterocycles. The highest BCUT2D eigenvalue weighted by atomic mass is 32.1. The number of hydrazine groups is 1. The Labute approximate surface area is 192 Å². The van der Waals surface area contributed by atoms with Gasteiger partial charge in [-0.25, -0.2) is 4.79 Å². The number of nitrogens with zero attached hydrogens (tertiary/aromatic N) is 3. The van der Waals surface area contributed by atoms with Gasteiger partial charge in [0.1, 0.15) is 5.69 Å². The fourth-order valence-electron chi connectivity index (χ4n) is 3.65. The zero-order chi connectivity index (χ0) is 22.9. The van der Waals surface area contributed by atoms with Crippen molar-refractivity contribution >= 4 is 34.8 Å². The van der Waals surface area contributed by atoms with Crippen molar-refractivity contribution in [1.82, 2.24) is 15.2 Å². The standard InChI is InChI=1S/C22H27N5O4S/c1-2-31-22(28)25-14-12-18(13-15-25)26(16-17-8-4-3-5-9-17)21(32)24-23-19-10-6-7-11-20(19)27(29)30/h3-11,18,23H,2,12-16H2,1H3,(H,24,32). The SMILES string of the molecule is CCOC(=O)N1CCC(N(Cc2ccccc2)C(=S)NNc2ccccc2[N+](=O)[O-])CC1. The molecular formula is C22H27N5O4S. The number of piperidine rings is 1. The minimum Gasteiger partial charge on any atom is -0.450 e. The molecule has 32 heavy (non-hydrogen) atoms. The van der Waals surface area contributed by atoms with E-state index in [-0.39, 0.29) is 17.8 Å². The number of amides is 1. The zero-order valence-corrected chi connectivity index (χ0v) is 18.7. The highest BCUT2D eigenvalue weighted by Crippen LogP contribution is 2.23. The number of hydrogen-bond donors (Lipinski definition) is 2. The summed E-state index contributed by atoms with van der Waals surface area (Å²) in [5.41, 5.74) is 7.23. The maximum absolute atomic E-state index is 12.0. The fourth-order valence-corrected chi connectivity index (χ4v) is 3.92. The molecule has 0 spiro atoms. The van der Waals surface area contributed by atoms with Gasteiger partial charge < -0.3 is 14.5 Å².